The van der Waals surface area contributed by atoms with Gasteiger partial charge in [0.05, 0.1) is 12.6 Å². The number of carbonyl (C=O) groups excluding carboxylic acids is 1. The van der Waals surface area contributed by atoms with Crippen molar-refractivity contribution in [1.82, 2.24) is 9.80 Å². The van der Waals surface area contributed by atoms with Crippen molar-refractivity contribution in [3.05, 3.63) is 131 Å². The van der Waals surface area contributed by atoms with Gasteiger partial charge in [-0.15, -0.1) is 0 Å². The molecule has 1 heterocycles. The molecule has 1 aliphatic carbocycles. The largest absolute Gasteiger partial charge is 0.507 e. The summed E-state index contributed by atoms with van der Waals surface area (Å²) in [6.45, 7) is 1.25. The summed E-state index contributed by atoms with van der Waals surface area (Å²) in [7, 11) is 0. The van der Waals surface area contributed by atoms with Crippen molar-refractivity contribution >= 4 is 12.1 Å². The molecular weight excluding hydrogens is 488 g/mol. The summed E-state index contributed by atoms with van der Waals surface area (Å²) in [5, 5.41) is 9.59. The van der Waals surface area contributed by atoms with Crippen LogP contribution in [0.15, 0.2) is 109 Å². The quantitative estimate of drug-likeness (QED) is 0.310. The first kappa shape index (κ1) is 24.9. The van der Waals surface area contributed by atoms with Crippen LogP contribution in [0.1, 0.15) is 40.6 Å². The Morgan fingerprint density at radius 3 is 1.79 bits per heavy atom. The minimum Gasteiger partial charge on any atom is -0.450 e. The summed E-state index contributed by atoms with van der Waals surface area (Å²) in [5.74, 6) is -0.178. The molecule has 1 N–H and O–H groups in total. The van der Waals surface area contributed by atoms with Crippen LogP contribution in [0.5, 0.6) is 0 Å². The molecule has 6 heteroatoms. The lowest BCUT2D eigenvalue weighted by molar-refractivity contribution is -0.150. The molecule has 1 fully saturated rings. The van der Waals surface area contributed by atoms with E-state index in [1.807, 2.05) is 60.7 Å². The van der Waals surface area contributed by atoms with Crippen LogP contribution in [-0.4, -0.2) is 52.8 Å². The number of piperazine rings is 1. The molecule has 0 saturated carbocycles. The van der Waals surface area contributed by atoms with Crippen molar-refractivity contribution in [3.63, 3.8) is 0 Å². The van der Waals surface area contributed by atoms with Crippen molar-refractivity contribution in [1.29, 1.82) is 0 Å². The minimum atomic E-state index is -1.38. The van der Waals surface area contributed by atoms with Crippen LogP contribution in [0.3, 0.4) is 0 Å². The number of ether oxygens (including phenoxy) is 1. The Morgan fingerprint density at radius 1 is 0.744 bits per heavy atom. The molecule has 0 aromatic heterocycles. The molecule has 39 heavy (non-hydrogen) atoms. The molecule has 1 amide bonds. The van der Waals surface area contributed by atoms with Crippen LogP contribution >= 0.6 is 0 Å². The Kier molecular flexibility index (Phi) is 6.86. The Morgan fingerprint density at radius 2 is 1.26 bits per heavy atom. The summed E-state index contributed by atoms with van der Waals surface area (Å²) in [6.07, 6.45) is -2.02. The SMILES string of the molecule is O=C(O)OC1CN(C(c2ccccc2)c2ccccc2)CCN1C(=O)CC1c2ccccc2-c2ccccc21. The molecule has 4 aromatic rings. The Hall–Kier alpha value is -4.42. The number of benzene rings is 4. The lowest BCUT2D eigenvalue weighted by Gasteiger charge is -2.43. The van der Waals surface area contributed by atoms with E-state index >= 15 is 0 Å². The van der Waals surface area contributed by atoms with Crippen LogP contribution in [0.4, 0.5) is 4.79 Å². The van der Waals surface area contributed by atoms with Crippen molar-refractivity contribution in [2.24, 2.45) is 0 Å². The maximum absolute atomic E-state index is 13.8. The first-order chi connectivity index (χ1) is 19.1. The third kappa shape index (κ3) is 4.91. The monoisotopic (exact) mass is 518 g/mol. The van der Waals surface area contributed by atoms with Crippen molar-refractivity contribution in [2.45, 2.75) is 24.6 Å². The smallest absolute Gasteiger partial charge is 0.450 e. The second kappa shape index (κ2) is 10.8. The molecule has 1 aliphatic heterocycles. The summed E-state index contributed by atoms with van der Waals surface area (Å²) < 4.78 is 5.36. The van der Waals surface area contributed by atoms with E-state index in [9.17, 15) is 14.7 Å². The van der Waals surface area contributed by atoms with Gasteiger partial charge in [0, 0.05) is 25.4 Å². The molecule has 6 rings (SSSR count). The third-order valence-corrected chi connectivity index (χ3v) is 7.86. The number of carboxylic acid groups (broad SMARTS) is 1. The van der Waals surface area contributed by atoms with Gasteiger partial charge in [-0.1, -0.05) is 109 Å². The number of carbonyl (C=O) groups is 2. The summed E-state index contributed by atoms with van der Waals surface area (Å²) in [6, 6.07) is 36.6. The van der Waals surface area contributed by atoms with Gasteiger partial charge in [-0.25, -0.2) is 4.79 Å². The first-order valence-electron chi connectivity index (χ1n) is 13.3. The normalized spacial score (nSPS) is 17.1. The molecular formula is C33H30N2O4. The van der Waals surface area contributed by atoms with Gasteiger partial charge in [0.15, 0.2) is 6.23 Å². The summed E-state index contributed by atoms with van der Waals surface area (Å²) >= 11 is 0. The number of fused-ring (bicyclic) bond motifs is 3. The molecule has 1 atom stereocenters. The van der Waals surface area contributed by atoms with E-state index in [0.29, 0.717) is 13.1 Å². The van der Waals surface area contributed by atoms with Crippen molar-refractivity contribution in [3.8, 4) is 11.1 Å². The predicted molar refractivity (Wildman–Crippen MR) is 149 cm³/mol. The standard InChI is InChI=1S/C33H30N2O4/c36-30(21-29-27-17-9-7-15-25(27)26-16-8-10-18-28(26)29)35-20-19-34(22-31(35)39-33(37)38)32(23-11-3-1-4-12-23)24-13-5-2-6-14-24/h1-18,29,31-32H,19-22H2,(H,37,38). The molecule has 4 aromatic carbocycles. The lowest BCUT2D eigenvalue weighted by atomic mass is 9.92. The fourth-order valence-corrected chi connectivity index (χ4v) is 6.16. The molecule has 1 unspecified atom stereocenters. The highest BCUT2D eigenvalue weighted by Gasteiger charge is 2.39. The van der Waals surface area contributed by atoms with Crippen LogP contribution in [-0.2, 0) is 9.53 Å². The van der Waals surface area contributed by atoms with Gasteiger partial charge in [0.1, 0.15) is 0 Å². The minimum absolute atomic E-state index is 0.0743. The van der Waals surface area contributed by atoms with Crippen molar-refractivity contribution < 1.29 is 19.4 Å². The maximum Gasteiger partial charge on any atom is 0.507 e. The number of hydrogen-bond acceptors (Lipinski definition) is 4. The van der Waals surface area contributed by atoms with Crippen LogP contribution in [0.2, 0.25) is 0 Å². The lowest BCUT2D eigenvalue weighted by Crippen LogP contribution is -2.57. The molecule has 196 valence electrons. The maximum atomic E-state index is 13.8. The first-order valence-corrected chi connectivity index (χ1v) is 13.3. The van der Waals surface area contributed by atoms with Gasteiger partial charge < -0.3 is 14.7 Å². The van der Waals surface area contributed by atoms with E-state index in [0.717, 1.165) is 33.4 Å². The third-order valence-electron chi connectivity index (χ3n) is 7.86. The van der Waals surface area contributed by atoms with E-state index in [4.69, 9.17) is 4.74 Å². The molecule has 2 aliphatic rings. The number of amides is 1. The molecule has 1 saturated heterocycles. The van der Waals surface area contributed by atoms with E-state index in [2.05, 4.69) is 53.4 Å². The van der Waals surface area contributed by atoms with E-state index in [-0.39, 0.29) is 30.8 Å². The van der Waals surface area contributed by atoms with E-state index in [1.165, 1.54) is 0 Å². The zero-order valence-corrected chi connectivity index (χ0v) is 21.5. The van der Waals surface area contributed by atoms with Crippen LogP contribution in [0.25, 0.3) is 11.1 Å². The average molecular weight is 519 g/mol. The Labute approximate surface area is 228 Å². The van der Waals surface area contributed by atoms with Gasteiger partial charge in [0.25, 0.3) is 0 Å². The second-order valence-electron chi connectivity index (χ2n) is 10.1. The topological polar surface area (TPSA) is 70.1 Å². The van der Waals surface area contributed by atoms with E-state index in [1.54, 1.807) is 4.90 Å². The van der Waals surface area contributed by atoms with Gasteiger partial charge in [0.2, 0.25) is 5.91 Å². The van der Waals surface area contributed by atoms with Gasteiger partial charge in [-0.05, 0) is 33.4 Å². The highest BCUT2D eigenvalue weighted by atomic mass is 16.7. The average Bonchev–Trinajstić information content (AvgIpc) is 3.28. The van der Waals surface area contributed by atoms with Crippen LogP contribution in [0, 0.1) is 0 Å². The van der Waals surface area contributed by atoms with Crippen LogP contribution < -0.4 is 0 Å². The number of nitrogens with zero attached hydrogens (tertiary/aromatic N) is 2. The fraction of sp³-hybridized carbons (Fsp3) is 0.212. The fourth-order valence-electron chi connectivity index (χ4n) is 6.16. The molecule has 0 bridgehead atoms. The summed E-state index contributed by atoms with van der Waals surface area (Å²) in [4.78, 5) is 29.4. The zero-order valence-electron chi connectivity index (χ0n) is 21.5. The molecule has 6 nitrogen and oxygen atoms in total. The Balaban J connectivity index is 1.27. The molecule has 0 spiro atoms. The predicted octanol–water partition coefficient (Wildman–Crippen LogP) is 6.14. The van der Waals surface area contributed by atoms with Gasteiger partial charge in [-0.2, -0.15) is 0 Å². The molecule has 0 radical (unpaired) electrons. The highest BCUT2D eigenvalue weighted by molar-refractivity contribution is 5.84. The van der Waals surface area contributed by atoms with Gasteiger partial charge in [-0.3, -0.25) is 9.69 Å². The van der Waals surface area contributed by atoms with E-state index < -0.39 is 12.4 Å². The van der Waals surface area contributed by atoms with Crippen molar-refractivity contribution in [2.75, 3.05) is 19.6 Å². The Bertz CT molecular complexity index is 1390. The second-order valence-corrected chi connectivity index (χ2v) is 10.1. The highest BCUT2D eigenvalue weighted by Crippen LogP contribution is 2.46. The number of rotatable bonds is 6. The zero-order chi connectivity index (χ0) is 26.8. The summed E-state index contributed by atoms with van der Waals surface area (Å²) in [5.41, 5.74) is 6.79. The van der Waals surface area contributed by atoms with Gasteiger partial charge >= 0.3 is 6.16 Å². The number of hydrogen-bond donors (Lipinski definition) is 1.